The van der Waals surface area contributed by atoms with Gasteiger partial charge in [0.25, 0.3) is 11.6 Å². The highest BCUT2D eigenvalue weighted by atomic mass is 19.1. The molecule has 2 heterocycles. The summed E-state index contributed by atoms with van der Waals surface area (Å²) in [6.45, 7) is 0.195. The van der Waals surface area contributed by atoms with Crippen molar-refractivity contribution in [1.29, 1.82) is 0 Å². The van der Waals surface area contributed by atoms with Crippen LogP contribution in [0.3, 0.4) is 0 Å². The minimum absolute atomic E-state index is 0.0913. The molecule has 2 aromatic heterocycles. The summed E-state index contributed by atoms with van der Waals surface area (Å²) in [7, 11) is 0. The van der Waals surface area contributed by atoms with E-state index in [2.05, 4.69) is 15.4 Å². The van der Waals surface area contributed by atoms with E-state index in [1.807, 2.05) is 6.07 Å². The molecule has 0 unspecified atom stereocenters. The molecule has 1 amide bonds. The number of nitrogens with one attached hydrogen (secondary N) is 1. The first kappa shape index (κ1) is 19.9. The fourth-order valence-corrected chi connectivity index (χ4v) is 3.02. The smallest absolute Gasteiger partial charge is 0.270 e. The third-order valence-corrected chi connectivity index (χ3v) is 4.55. The van der Waals surface area contributed by atoms with Crippen molar-refractivity contribution in [2.45, 2.75) is 6.54 Å². The zero-order valence-corrected chi connectivity index (χ0v) is 16.1. The summed E-state index contributed by atoms with van der Waals surface area (Å²) in [4.78, 5) is 27.5. The van der Waals surface area contributed by atoms with Crippen molar-refractivity contribution < 1.29 is 14.1 Å². The molecule has 0 bridgehead atoms. The fraction of sp³-hybridized carbons (Fsp3) is 0.0455. The van der Waals surface area contributed by atoms with E-state index in [-0.39, 0.29) is 29.2 Å². The second kappa shape index (κ2) is 8.54. The molecule has 0 aliphatic carbocycles. The third kappa shape index (κ3) is 4.30. The SMILES string of the molecule is O=C(NCc1ccccn1)c1cc(-c2ccccc2F)nn1-c1ccc([N+](=O)[O-])cc1. The summed E-state index contributed by atoms with van der Waals surface area (Å²) < 4.78 is 15.6. The molecular weight excluding hydrogens is 401 g/mol. The number of hydrogen-bond acceptors (Lipinski definition) is 5. The van der Waals surface area contributed by atoms with Crippen molar-refractivity contribution >= 4 is 11.6 Å². The Morgan fingerprint density at radius 3 is 2.48 bits per heavy atom. The predicted molar refractivity (Wildman–Crippen MR) is 111 cm³/mol. The number of aromatic nitrogens is 3. The van der Waals surface area contributed by atoms with Crippen molar-refractivity contribution in [3.63, 3.8) is 0 Å². The first-order chi connectivity index (χ1) is 15.0. The van der Waals surface area contributed by atoms with Crippen molar-refractivity contribution in [1.82, 2.24) is 20.1 Å². The molecule has 4 aromatic rings. The van der Waals surface area contributed by atoms with Gasteiger partial charge in [0.2, 0.25) is 0 Å². The van der Waals surface area contributed by atoms with Crippen LogP contribution in [-0.4, -0.2) is 25.6 Å². The van der Waals surface area contributed by atoms with Gasteiger partial charge in [-0.05, 0) is 42.5 Å². The average molecular weight is 417 g/mol. The summed E-state index contributed by atoms with van der Waals surface area (Å²) in [6.07, 6.45) is 1.62. The first-order valence-corrected chi connectivity index (χ1v) is 9.31. The number of rotatable bonds is 6. The Balaban J connectivity index is 1.72. The van der Waals surface area contributed by atoms with Gasteiger partial charge < -0.3 is 5.32 Å². The monoisotopic (exact) mass is 417 g/mol. The maximum absolute atomic E-state index is 14.3. The number of amides is 1. The van der Waals surface area contributed by atoms with Gasteiger partial charge in [0.05, 0.1) is 28.5 Å². The number of nitrogens with zero attached hydrogens (tertiary/aromatic N) is 4. The highest BCUT2D eigenvalue weighted by Gasteiger charge is 2.19. The highest BCUT2D eigenvalue weighted by Crippen LogP contribution is 2.25. The van der Waals surface area contributed by atoms with E-state index in [1.54, 1.807) is 36.5 Å². The molecule has 0 saturated heterocycles. The van der Waals surface area contributed by atoms with Crippen LogP contribution >= 0.6 is 0 Å². The van der Waals surface area contributed by atoms with E-state index in [9.17, 15) is 19.3 Å². The molecule has 0 spiro atoms. The lowest BCUT2D eigenvalue weighted by atomic mass is 10.1. The third-order valence-electron chi connectivity index (χ3n) is 4.55. The zero-order chi connectivity index (χ0) is 21.8. The Kier molecular flexibility index (Phi) is 5.48. The molecular formula is C22H16FN5O3. The highest BCUT2D eigenvalue weighted by molar-refractivity contribution is 5.94. The molecule has 8 nitrogen and oxygen atoms in total. The number of nitro groups is 1. The number of hydrogen-bond donors (Lipinski definition) is 1. The van der Waals surface area contributed by atoms with Crippen LogP contribution in [0.4, 0.5) is 10.1 Å². The van der Waals surface area contributed by atoms with Crippen LogP contribution in [0, 0.1) is 15.9 Å². The second-order valence-electron chi connectivity index (χ2n) is 6.58. The first-order valence-electron chi connectivity index (χ1n) is 9.31. The van der Waals surface area contributed by atoms with Gasteiger partial charge in [-0.2, -0.15) is 5.10 Å². The van der Waals surface area contributed by atoms with Crippen LogP contribution in [0.2, 0.25) is 0 Å². The van der Waals surface area contributed by atoms with E-state index < -0.39 is 16.6 Å². The van der Waals surface area contributed by atoms with Crippen molar-refractivity contribution in [2.75, 3.05) is 0 Å². The molecule has 1 N–H and O–H groups in total. The summed E-state index contributed by atoms with van der Waals surface area (Å²) in [5, 5.41) is 18.1. The van der Waals surface area contributed by atoms with E-state index in [4.69, 9.17) is 0 Å². The number of nitro benzene ring substituents is 1. The van der Waals surface area contributed by atoms with Crippen LogP contribution in [0.15, 0.2) is 79.0 Å². The molecule has 0 saturated carbocycles. The van der Waals surface area contributed by atoms with E-state index in [0.717, 1.165) is 0 Å². The van der Waals surface area contributed by atoms with Gasteiger partial charge in [-0.3, -0.25) is 19.9 Å². The number of halogens is 1. The molecule has 2 aromatic carbocycles. The summed E-state index contributed by atoms with van der Waals surface area (Å²) in [5.74, 6) is -0.921. The summed E-state index contributed by atoms with van der Waals surface area (Å²) in [6, 6.07) is 18.5. The Labute approximate surface area is 176 Å². The van der Waals surface area contributed by atoms with Crippen LogP contribution < -0.4 is 5.32 Å². The van der Waals surface area contributed by atoms with Crippen LogP contribution in [0.5, 0.6) is 0 Å². The minimum Gasteiger partial charge on any atom is -0.345 e. The zero-order valence-electron chi connectivity index (χ0n) is 16.1. The lowest BCUT2D eigenvalue weighted by Gasteiger charge is -2.08. The topological polar surface area (TPSA) is 103 Å². The largest absolute Gasteiger partial charge is 0.345 e. The number of benzene rings is 2. The predicted octanol–water partition coefficient (Wildman–Crippen LogP) is 3.91. The number of carbonyl (C=O) groups is 1. The molecule has 154 valence electrons. The fourth-order valence-electron chi connectivity index (χ4n) is 3.02. The normalized spacial score (nSPS) is 10.6. The van der Waals surface area contributed by atoms with E-state index in [0.29, 0.717) is 11.4 Å². The summed E-state index contributed by atoms with van der Waals surface area (Å²) >= 11 is 0. The molecule has 0 aliphatic heterocycles. The molecule has 0 atom stereocenters. The maximum atomic E-state index is 14.3. The van der Waals surface area contributed by atoms with Gasteiger partial charge in [0.1, 0.15) is 11.5 Å². The van der Waals surface area contributed by atoms with Crippen LogP contribution in [0.25, 0.3) is 16.9 Å². The van der Waals surface area contributed by atoms with E-state index in [1.165, 1.54) is 41.1 Å². The molecule has 0 fully saturated rings. The molecule has 31 heavy (non-hydrogen) atoms. The quantitative estimate of drug-likeness (QED) is 0.378. The Morgan fingerprint density at radius 1 is 1.06 bits per heavy atom. The maximum Gasteiger partial charge on any atom is 0.270 e. The number of non-ortho nitro benzene ring substituents is 1. The molecule has 4 rings (SSSR count). The van der Waals surface area contributed by atoms with Crippen molar-refractivity contribution in [2.24, 2.45) is 0 Å². The standard InChI is InChI=1S/C22H16FN5O3/c23-19-7-2-1-6-18(19)20-13-21(22(29)25-14-15-5-3-4-12-24-15)27(26-20)16-8-10-17(11-9-16)28(30)31/h1-13H,14H2,(H,25,29). The Hall–Kier alpha value is -4.40. The number of carbonyl (C=O) groups excluding carboxylic acids is 1. The van der Waals surface area contributed by atoms with Crippen LogP contribution in [-0.2, 0) is 6.54 Å². The Bertz CT molecular complexity index is 1240. The Morgan fingerprint density at radius 2 is 1.81 bits per heavy atom. The number of pyridine rings is 1. The molecule has 0 aliphatic rings. The van der Waals surface area contributed by atoms with Gasteiger partial charge in [-0.15, -0.1) is 0 Å². The lowest BCUT2D eigenvalue weighted by Crippen LogP contribution is -2.25. The van der Waals surface area contributed by atoms with Gasteiger partial charge in [-0.25, -0.2) is 9.07 Å². The van der Waals surface area contributed by atoms with Gasteiger partial charge in [-0.1, -0.05) is 18.2 Å². The molecule has 0 radical (unpaired) electrons. The lowest BCUT2D eigenvalue weighted by molar-refractivity contribution is -0.384. The van der Waals surface area contributed by atoms with E-state index >= 15 is 0 Å². The van der Waals surface area contributed by atoms with Gasteiger partial charge in [0, 0.05) is 23.9 Å². The summed E-state index contributed by atoms with van der Waals surface area (Å²) in [5.41, 5.74) is 1.67. The minimum atomic E-state index is -0.516. The second-order valence-corrected chi connectivity index (χ2v) is 6.58. The van der Waals surface area contributed by atoms with Crippen molar-refractivity contribution in [3.8, 4) is 16.9 Å². The van der Waals surface area contributed by atoms with Crippen LogP contribution in [0.1, 0.15) is 16.2 Å². The van der Waals surface area contributed by atoms with Crippen molar-refractivity contribution in [3.05, 3.63) is 106 Å². The average Bonchev–Trinajstić information content (AvgIpc) is 3.24. The van der Waals surface area contributed by atoms with Gasteiger partial charge >= 0.3 is 0 Å². The molecule has 9 heteroatoms. The van der Waals surface area contributed by atoms with Gasteiger partial charge in [0.15, 0.2) is 0 Å².